The van der Waals surface area contributed by atoms with Gasteiger partial charge in [0.2, 0.25) is 0 Å². The summed E-state index contributed by atoms with van der Waals surface area (Å²) in [5.74, 6) is -0.322. The van der Waals surface area contributed by atoms with Crippen molar-refractivity contribution in [1.29, 1.82) is 0 Å². The number of hydrogen-bond acceptors (Lipinski definition) is 2. The summed E-state index contributed by atoms with van der Waals surface area (Å²) in [7, 11) is 0. The summed E-state index contributed by atoms with van der Waals surface area (Å²) in [5.41, 5.74) is 4.45. The molecule has 2 nitrogen and oxygen atoms in total. The van der Waals surface area contributed by atoms with Crippen LogP contribution in [-0.4, -0.2) is 12.6 Å². The minimum Gasteiger partial charge on any atom is -0.462 e. The molecule has 1 rings (SSSR count). The van der Waals surface area contributed by atoms with Crippen molar-refractivity contribution in [3.63, 3.8) is 0 Å². The van der Waals surface area contributed by atoms with Gasteiger partial charge < -0.3 is 4.74 Å². The molecule has 0 aromatic heterocycles. The second-order valence-corrected chi connectivity index (χ2v) is 3.43. The lowest BCUT2D eigenvalue weighted by molar-refractivity contribution is -0.138. The second kappa shape index (κ2) is 7.26. The molecule has 0 atom stereocenters. The Kier molecular flexibility index (Phi) is 5.56. The van der Waals surface area contributed by atoms with Gasteiger partial charge >= 0.3 is 5.97 Å². The van der Waals surface area contributed by atoms with Crippen molar-refractivity contribution >= 4 is 12.0 Å². The summed E-state index contributed by atoms with van der Waals surface area (Å²) in [6.45, 7) is 3.85. The summed E-state index contributed by atoms with van der Waals surface area (Å²) in [5, 5.41) is 0. The number of allylic oxidation sites excluding steroid dienone is 1. The highest BCUT2D eigenvalue weighted by molar-refractivity contribution is 5.87. The van der Waals surface area contributed by atoms with Crippen LogP contribution < -0.4 is 0 Å². The van der Waals surface area contributed by atoms with Crippen LogP contribution in [0.1, 0.15) is 19.4 Å². The molecule has 0 unspecified atom stereocenters. The van der Waals surface area contributed by atoms with E-state index in [0.717, 1.165) is 5.56 Å². The lowest BCUT2D eigenvalue weighted by Gasteiger charge is -1.97. The Hall–Kier alpha value is -2.05. The van der Waals surface area contributed by atoms with Crippen LogP contribution in [0.15, 0.2) is 53.8 Å². The number of ether oxygens (including phenoxy) is 1. The van der Waals surface area contributed by atoms with Crippen molar-refractivity contribution in [3.8, 4) is 0 Å². The minimum atomic E-state index is -0.322. The van der Waals surface area contributed by atoms with Gasteiger partial charge in [-0.15, -0.1) is 5.73 Å². The summed E-state index contributed by atoms with van der Waals surface area (Å²) >= 11 is 0. The highest BCUT2D eigenvalue weighted by Crippen LogP contribution is 2.01. The fourth-order valence-corrected chi connectivity index (χ4v) is 1.19. The molecule has 17 heavy (non-hydrogen) atoms. The Morgan fingerprint density at radius 1 is 1.35 bits per heavy atom. The van der Waals surface area contributed by atoms with Gasteiger partial charge in [0.05, 0.1) is 12.2 Å². The van der Waals surface area contributed by atoms with Gasteiger partial charge in [0.15, 0.2) is 0 Å². The van der Waals surface area contributed by atoms with Crippen LogP contribution in [0, 0.1) is 0 Å². The Morgan fingerprint density at radius 3 is 2.71 bits per heavy atom. The zero-order valence-electron chi connectivity index (χ0n) is 10.1. The third-order valence-corrected chi connectivity index (χ3v) is 2.07. The van der Waals surface area contributed by atoms with Crippen LogP contribution in [0.4, 0.5) is 0 Å². The molecule has 1 aromatic carbocycles. The standard InChI is InChI=1S/C15H16O2/c1-3-17-15(16)13(2)9-7-8-12-14-10-5-4-6-11-14/h4-8,10-12H,3H2,1-2H3/b12-8+. The summed E-state index contributed by atoms with van der Waals surface area (Å²) in [6.07, 6.45) is 5.50. The van der Waals surface area contributed by atoms with Crippen molar-refractivity contribution in [2.75, 3.05) is 6.61 Å². The topological polar surface area (TPSA) is 26.3 Å². The first-order valence-corrected chi connectivity index (χ1v) is 5.56. The number of rotatable bonds is 4. The Labute approximate surface area is 102 Å². The zero-order valence-corrected chi connectivity index (χ0v) is 10.1. The summed E-state index contributed by atoms with van der Waals surface area (Å²) in [4.78, 5) is 11.2. The normalized spacial score (nSPS) is 9.76. The first-order chi connectivity index (χ1) is 8.24. The maximum absolute atomic E-state index is 11.2. The molecule has 2 heteroatoms. The van der Waals surface area contributed by atoms with Gasteiger partial charge in [0.1, 0.15) is 0 Å². The van der Waals surface area contributed by atoms with E-state index >= 15 is 0 Å². The Bertz CT molecular complexity index is 449. The fourth-order valence-electron chi connectivity index (χ4n) is 1.19. The molecule has 0 aliphatic rings. The molecule has 0 amide bonds. The maximum Gasteiger partial charge on any atom is 0.341 e. The lowest BCUT2D eigenvalue weighted by atomic mass is 10.2. The van der Waals surface area contributed by atoms with Crippen LogP contribution in [0.3, 0.4) is 0 Å². The lowest BCUT2D eigenvalue weighted by Crippen LogP contribution is -2.03. The van der Waals surface area contributed by atoms with Gasteiger partial charge in [0, 0.05) is 0 Å². The van der Waals surface area contributed by atoms with Crippen LogP contribution in [0.25, 0.3) is 6.08 Å². The number of benzene rings is 1. The van der Waals surface area contributed by atoms with E-state index in [1.54, 1.807) is 19.9 Å². The molecular formula is C15H16O2. The Balaban J connectivity index is 2.63. The third-order valence-electron chi connectivity index (χ3n) is 2.07. The van der Waals surface area contributed by atoms with Crippen molar-refractivity contribution in [1.82, 2.24) is 0 Å². The zero-order chi connectivity index (χ0) is 12.5. The van der Waals surface area contributed by atoms with Crippen LogP contribution in [0.2, 0.25) is 0 Å². The highest BCUT2D eigenvalue weighted by atomic mass is 16.5. The number of hydrogen-bond donors (Lipinski definition) is 0. The average molecular weight is 228 g/mol. The van der Waals surface area contributed by atoms with Crippen molar-refractivity contribution in [2.24, 2.45) is 0 Å². The molecule has 0 aliphatic carbocycles. The fraction of sp³-hybridized carbons (Fsp3) is 0.200. The summed E-state index contributed by atoms with van der Waals surface area (Å²) < 4.78 is 4.84. The summed E-state index contributed by atoms with van der Waals surface area (Å²) in [6, 6.07) is 9.93. The van der Waals surface area contributed by atoms with Gasteiger partial charge in [-0.1, -0.05) is 42.5 Å². The van der Waals surface area contributed by atoms with Gasteiger partial charge in [-0.25, -0.2) is 4.79 Å². The molecule has 0 saturated carbocycles. The van der Waals surface area contributed by atoms with Gasteiger partial charge in [-0.2, -0.15) is 0 Å². The van der Waals surface area contributed by atoms with E-state index in [-0.39, 0.29) is 5.97 Å². The number of esters is 1. The molecule has 88 valence electrons. The molecule has 0 N–H and O–H groups in total. The van der Waals surface area contributed by atoms with Crippen LogP contribution in [0.5, 0.6) is 0 Å². The number of carbonyl (C=O) groups excluding carboxylic acids is 1. The largest absolute Gasteiger partial charge is 0.462 e. The molecule has 0 spiro atoms. The van der Waals surface area contributed by atoms with Crippen LogP contribution in [-0.2, 0) is 9.53 Å². The van der Waals surface area contributed by atoms with E-state index in [2.05, 4.69) is 5.73 Å². The second-order valence-electron chi connectivity index (χ2n) is 3.43. The molecular weight excluding hydrogens is 212 g/mol. The van der Waals surface area contributed by atoms with Crippen molar-refractivity contribution in [3.05, 3.63) is 59.4 Å². The molecule has 0 saturated heterocycles. The third kappa shape index (κ3) is 5.01. The predicted molar refractivity (Wildman–Crippen MR) is 69.4 cm³/mol. The van der Waals surface area contributed by atoms with Crippen LogP contribution >= 0.6 is 0 Å². The Morgan fingerprint density at radius 2 is 2.06 bits per heavy atom. The minimum absolute atomic E-state index is 0.322. The predicted octanol–water partition coefficient (Wildman–Crippen LogP) is 3.36. The molecule has 1 aromatic rings. The monoisotopic (exact) mass is 228 g/mol. The van der Waals surface area contributed by atoms with Crippen molar-refractivity contribution in [2.45, 2.75) is 13.8 Å². The molecule has 0 aliphatic heterocycles. The quantitative estimate of drug-likeness (QED) is 0.342. The van der Waals surface area contributed by atoms with E-state index in [4.69, 9.17) is 4.74 Å². The van der Waals surface area contributed by atoms with E-state index in [1.165, 1.54) is 0 Å². The maximum atomic E-state index is 11.2. The molecule has 0 radical (unpaired) electrons. The van der Waals surface area contributed by atoms with E-state index in [0.29, 0.717) is 12.2 Å². The van der Waals surface area contributed by atoms with E-state index < -0.39 is 0 Å². The molecule has 0 bridgehead atoms. The first-order valence-electron chi connectivity index (χ1n) is 5.56. The average Bonchev–Trinajstić information content (AvgIpc) is 2.36. The van der Waals surface area contributed by atoms with Gasteiger partial charge in [-0.3, -0.25) is 0 Å². The molecule has 0 fully saturated rings. The smallest absolute Gasteiger partial charge is 0.341 e. The first kappa shape index (κ1) is 13.0. The van der Waals surface area contributed by atoms with Gasteiger partial charge in [-0.05, 0) is 25.5 Å². The van der Waals surface area contributed by atoms with E-state index in [9.17, 15) is 4.79 Å². The van der Waals surface area contributed by atoms with E-state index in [1.807, 2.05) is 42.5 Å². The molecule has 0 heterocycles. The SMILES string of the molecule is CCOC(=O)C(C)=C=C/C=C/c1ccccc1. The van der Waals surface area contributed by atoms with Gasteiger partial charge in [0.25, 0.3) is 0 Å². The highest BCUT2D eigenvalue weighted by Gasteiger charge is 2.01. The number of carbonyl (C=O) groups is 1. The van der Waals surface area contributed by atoms with Crippen molar-refractivity contribution < 1.29 is 9.53 Å².